The maximum Gasteiger partial charge on any atom is 0.631 e. The Balaban J connectivity index is -0.0000000435. The zero-order chi connectivity index (χ0) is 42.5. The molecule has 0 fully saturated rings. The molecule has 0 aliphatic carbocycles. The number of rotatable bonds is 1. The summed E-state index contributed by atoms with van der Waals surface area (Å²) >= 11 is 0. The van der Waals surface area contributed by atoms with Gasteiger partial charge in [-0.3, -0.25) is 0 Å². The Bertz CT molecular complexity index is 482. The monoisotopic (exact) mass is 741 g/mol. The summed E-state index contributed by atoms with van der Waals surface area (Å²) < 4.78 is 0. The van der Waals surface area contributed by atoms with Crippen molar-refractivity contribution in [2.45, 2.75) is 0 Å². The highest BCUT2D eigenvalue weighted by Gasteiger charge is 1.96. The molecule has 288 valence electrons. The molecule has 0 aliphatic rings. The van der Waals surface area contributed by atoms with Crippen molar-refractivity contribution in [2.24, 2.45) is 0 Å². The highest BCUT2D eigenvalue weighted by Crippen LogP contribution is 2.07. The van der Waals surface area contributed by atoms with E-state index in [-0.39, 0.29) is 0 Å². The zero-order valence-corrected chi connectivity index (χ0v) is 25.0. The van der Waals surface area contributed by atoms with E-state index in [4.69, 9.17) is 151 Å². The molecule has 1 aromatic rings. The first-order chi connectivity index (χ1) is 21.6. The maximum absolute atomic E-state index is 7.17. The third-order valence-corrected chi connectivity index (χ3v) is 1.27. The molecule has 0 atom stereocenters. The van der Waals surface area contributed by atoms with Crippen LogP contribution in [0.4, 0.5) is 5.69 Å². The van der Waals surface area contributed by atoms with Crippen molar-refractivity contribution >= 4 is 78.9 Å². The average molecular weight is 740 g/mol. The van der Waals surface area contributed by atoms with E-state index in [1.807, 2.05) is 32.3 Å². The molecule has 1 aromatic carbocycles. The van der Waals surface area contributed by atoms with Gasteiger partial charge < -0.3 is 156 Å². The molecule has 0 amide bonds. The van der Waals surface area contributed by atoms with E-state index in [1.54, 1.807) is 0 Å². The van der Waals surface area contributed by atoms with Gasteiger partial charge in [0.25, 0.3) is 0 Å². The number of anilines is 1. The first-order valence-electron chi connectivity index (χ1n) is 10.8. The van der Waals surface area contributed by atoms with Crippen molar-refractivity contribution in [3.63, 3.8) is 0 Å². The predicted molar refractivity (Wildman–Crippen MR) is 165 cm³/mol. The smallest absolute Gasteiger partial charge is 0.402 e. The molecule has 30 N–H and O–H groups in total. The second-order valence-electron chi connectivity index (χ2n) is 5.69. The Morgan fingerprint density at radius 3 is 0.429 bits per heavy atom. The summed E-state index contributed by atoms with van der Waals surface area (Å²) in [6, 6.07) is 10.3. The average Bonchev–Trinajstić information content (AvgIpc) is 2.76. The Labute approximate surface area is 279 Å². The fraction of sp³-hybridized carbons (Fsp3) is 0.250. The van der Waals surface area contributed by atoms with Crippen molar-refractivity contribution in [1.29, 1.82) is 0 Å². The van der Waals surface area contributed by atoms with Gasteiger partial charge >= 0.3 is 73.2 Å². The lowest BCUT2D eigenvalue weighted by Gasteiger charge is -2.10. The van der Waals surface area contributed by atoms with Crippen LogP contribution in [0.25, 0.3) is 0 Å². The van der Waals surface area contributed by atoms with Gasteiger partial charge in [-0.1, -0.05) is 18.2 Å². The quantitative estimate of drug-likeness (QED) is 0.119. The van der Waals surface area contributed by atoms with Crippen LogP contribution in [0.3, 0.4) is 0 Å². The minimum Gasteiger partial charge on any atom is -0.402 e. The van der Waals surface area contributed by atoms with Crippen LogP contribution in [0.2, 0.25) is 0 Å². The lowest BCUT2D eigenvalue weighted by molar-refractivity contribution is 0.276. The van der Waals surface area contributed by atoms with E-state index in [1.165, 1.54) is 5.69 Å². The van der Waals surface area contributed by atoms with Crippen molar-refractivity contribution in [3.05, 3.63) is 30.3 Å². The number of hydrogen-bond donors (Lipinski definition) is 30. The molecule has 31 nitrogen and oxygen atoms in total. The van der Waals surface area contributed by atoms with Crippen LogP contribution in [0.5, 0.6) is 0 Å². The van der Waals surface area contributed by atoms with Crippen molar-refractivity contribution < 1.29 is 151 Å². The van der Waals surface area contributed by atoms with Crippen molar-refractivity contribution in [1.82, 2.24) is 0 Å². The maximum atomic E-state index is 7.17. The third-order valence-electron chi connectivity index (χ3n) is 1.27. The summed E-state index contributed by atoms with van der Waals surface area (Å²) in [6.45, 7) is 0. The fourth-order valence-corrected chi connectivity index (χ4v) is 0.726. The van der Waals surface area contributed by atoms with Crippen LogP contribution in [-0.2, 0) is 0 Å². The number of nitrogens with zero attached hydrogens (tertiary/aromatic N) is 1. The van der Waals surface area contributed by atoms with Crippen LogP contribution < -0.4 is 4.90 Å². The van der Waals surface area contributed by atoms with Gasteiger partial charge in [0.05, 0.1) is 0 Å². The molecule has 0 heterocycles. The predicted octanol–water partition coefficient (Wildman–Crippen LogP) is -18.8. The molecule has 0 radical (unpaired) electrons. The molecule has 0 aromatic heterocycles. The van der Waals surface area contributed by atoms with Gasteiger partial charge in [0.1, 0.15) is 0 Å². The van der Waals surface area contributed by atoms with Crippen LogP contribution >= 0.6 is 0 Å². The SMILES string of the molecule is CN(C)c1ccccc1.OB(O)O.OB(O)O.OB(O)O.OB(O)O.OB(O)O.OB(O)O.OB(O)O.OB(O)O.OB(O)O.OB(O)O. The topological polar surface area (TPSA) is 610 Å². The largest absolute Gasteiger partial charge is 0.631 e. The van der Waals surface area contributed by atoms with Gasteiger partial charge in [-0.15, -0.1) is 0 Å². The van der Waals surface area contributed by atoms with Crippen molar-refractivity contribution in [2.75, 3.05) is 19.0 Å². The second kappa shape index (κ2) is 61.7. The molecule has 0 saturated heterocycles. The normalized spacial score (nSPS) is 7.18. The Morgan fingerprint density at radius 2 is 0.367 bits per heavy atom. The minimum atomic E-state index is -2.17. The van der Waals surface area contributed by atoms with E-state index >= 15 is 0 Å². The molecule has 0 aliphatic heterocycles. The Morgan fingerprint density at radius 1 is 0.265 bits per heavy atom. The molecule has 0 saturated carbocycles. The molecule has 0 bridgehead atoms. The van der Waals surface area contributed by atoms with Crippen LogP contribution in [-0.4, -0.2) is 238 Å². The summed E-state index contributed by atoms with van der Waals surface area (Å²) in [5.41, 5.74) is 1.25. The van der Waals surface area contributed by atoms with Gasteiger partial charge in [-0.25, -0.2) is 0 Å². The van der Waals surface area contributed by atoms with Gasteiger partial charge in [0.15, 0.2) is 0 Å². The Hall–Kier alpha value is -1.53. The molecular weight excluding hydrogens is 698 g/mol. The Kier molecular flexibility index (Phi) is 91.9. The standard InChI is InChI=1S/C8H11N.10BH3O3/c1-9(2)8-6-4-3-5-7-8;10*2-1(3)4/h3-7H,1-2H3;10*2-4H. The van der Waals surface area contributed by atoms with Crippen LogP contribution in [0, 0.1) is 0 Å². The van der Waals surface area contributed by atoms with Gasteiger partial charge in [-0.05, 0) is 12.1 Å². The molecule has 0 unspecified atom stereocenters. The van der Waals surface area contributed by atoms with Crippen LogP contribution in [0.15, 0.2) is 30.3 Å². The van der Waals surface area contributed by atoms with Crippen molar-refractivity contribution in [3.8, 4) is 0 Å². The molecule has 0 spiro atoms. The third kappa shape index (κ3) is 838. The summed E-state index contributed by atoms with van der Waals surface area (Å²) in [5, 5.41) is 215. The first kappa shape index (κ1) is 73.0. The van der Waals surface area contributed by atoms with Gasteiger partial charge in [0, 0.05) is 19.8 Å². The minimum absolute atomic E-state index is 1.25. The lowest BCUT2D eigenvalue weighted by atomic mass is 10.3. The summed E-state index contributed by atoms with van der Waals surface area (Å²) in [6.07, 6.45) is 0. The van der Waals surface area contributed by atoms with E-state index in [2.05, 4.69) is 17.0 Å². The summed E-state index contributed by atoms with van der Waals surface area (Å²) in [7, 11) is -17.6. The van der Waals surface area contributed by atoms with Gasteiger partial charge in [0.2, 0.25) is 0 Å². The molecular formula is C8H41B10NO30. The number of benzene rings is 1. The van der Waals surface area contributed by atoms with Gasteiger partial charge in [-0.2, -0.15) is 0 Å². The van der Waals surface area contributed by atoms with E-state index in [0.29, 0.717) is 0 Å². The molecule has 1 rings (SSSR count). The highest BCUT2D eigenvalue weighted by atomic mass is 16.6. The number of para-hydroxylation sites is 1. The number of hydrogen-bond acceptors (Lipinski definition) is 31. The second-order valence-corrected chi connectivity index (χ2v) is 5.69. The van der Waals surface area contributed by atoms with E-state index < -0.39 is 73.2 Å². The molecule has 49 heavy (non-hydrogen) atoms. The fourth-order valence-electron chi connectivity index (χ4n) is 0.726. The zero-order valence-electron chi connectivity index (χ0n) is 25.0. The summed E-state index contributed by atoms with van der Waals surface area (Å²) in [4.78, 5) is 2.08. The molecule has 41 heteroatoms. The summed E-state index contributed by atoms with van der Waals surface area (Å²) in [5.74, 6) is 0. The van der Waals surface area contributed by atoms with Crippen LogP contribution in [0.1, 0.15) is 0 Å². The van der Waals surface area contributed by atoms with E-state index in [9.17, 15) is 0 Å². The lowest BCUT2D eigenvalue weighted by Crippen LogP contribution is -2.07. The first-order valence-corrected chi connectivity index (χ1v) is 10.8. The highest BCUT2D eigenvalue weighted by molar-refractivity contribution is 6.32. The van der Waals surface area contributed by atoms with E-state index in [0.717, 1.165) is 0 Å².